The SMILES string of the molecule is COCCn1c(=NC(=O)c2ccc(Br)cc2)sc2cc(C)ccc21. The molecule has 6 heteroatoms. The summed E-state index contributed by atoms with van der Waals surface area (Å²) in [5.74, 6) is -0.239. The Morgan fingerprint density at radius 3 is 2.71 bits per heavy atom. The quantitative estimate of drug-likeness (QED) is 0.654. The van der Waals surface area contributed by atoms with Crippen LogP contribution in [0.1, 0.15) is 15.9 Å². The van der Waals surface area contributed by atoms with Gasteiger partial charge in [-0.2, -0.15) is 4.99 Å². The van der Waals surface area contributed by atoms with Crippen LogP contribution in [0.3, 0.4) is 0 Å². The van der Waals surface area contributed by atoms with E-state index in [1.54, 1.807) is 19.2 Å². The van der Waals surface area contributed by atoms with Gasteiger partial charge < -0.3 is 9.30 Å². The Labute approximate surface area is 152 Å². The third kappa shape index (κ3) is 3.66. The number of carbonyl (C=O) groups is 1. The minimum absolute atomic E-state index is 0.239. The maximum atomic E-state index is 12.5. The molecule has 2 aromatic carbocycles. The number of aryl methyl sites for hydroxylation is 1. The Hall–Kier alpha value is -1.76. The molecule has 0 bridgehead atoms. The second-order valence-electron chi connectivity index (χ2n) is 5.42. The Morgan fingerprint density at radius 1 is 1.25 bits per heavy atom. The molecular weight excluding hydrogens is 388 g/mol. The highest BCUT2D eigenvalue weighted by Crippen LogP contribution is 2.19. The van der Waals surface area contributed by atoms with Gasteiger partial charge in [0.05, 0.1) is 16.8 Å². The first-order chi connectivity index (χ1) is 11.6. The summed E-state index contributed by atoms with van der Waals surface area (Å²) in [6, 6.07) is 13.5. The number of aromatic nitrogens is 1. The highest BCUT2D eigenvalue weighted by Gasteiger charge is 2.09. The zero-order valence-electron chi connectivity index (χ0n) is 13.5. The molecule has 3 aromatic rings. The average Bonchev–Trinajstić information content (AvgIpc) is 2.89. The molecule has 0 atom stereocenters. The lowest BCUT2D eigenvalue weighted by atomic mass is 10.2. The van der Waals surface area contributed by atoms with E-state index >= 15 is 0 Å². The van der Waals surface area contributed by atoms with Crippen molar-refractivity contribution in [2.45, 2.75) is 13.5 Å². The van der Waals surface area contributed by atoms with Gasteiger partial charge in [0.1, 0.15) is 0 Å². The topological polar surface area (TPSA) is 43.6 Å². The van der Waals surface area contributed by atoms with E-state index in [1.165, 1.54) is 16.9 Å². The molecule has 24 heavy (non-hydrogen) atoms. The van der Waals surface area contributed by atoms with Gasteiger partial charge in [-0.05, 0) is 48.9 Å². The number of nitrogens with zero attached hydrogens (tertiary/aromatic N) is 2. The molecular formula is C18H17BrN2O2S. The largest absolute Gasteiger partial charge is 0.383 e. The molecule has 1 heterocycles. The second-order valence-corrected chi connectivity index (χ2v) is 7.35. The van der Waals surface area contributed by atoms with Crippen molar-refractivity contribution in [2.24, 2.45) is 4.99 Å². The minimum Gasteiger partial charge on any atom is -0.383 e. The van der Waals surface area contributed by atoms with Crippen LogP contribution in [-0.4, -0.2) is 24.2 Å². The van der Waals surface area contributed by atoms with Crippen molar-refractivity contribution >= 4 is 43.4 Å². The summed E-state index contributed by atoms with van der Waals surface area (Å²) in [5, 5.41) is 0. The van der Waals surface area contributed by atoms with Gasteiger partial charge in [0.2, 0.25) is 0 Å². The van der Waals surface area contributed by atoms with Crippen LogP contribution in [0.2, 0.25) is 0 Å². The number of halogens is 1. The number of ether oxygens (including phenoxy) is 1. The van der Waals surface area contributed by atoms with E-state index in [9.17, 15) is 4.79 Å². The average molecular weight is 405 g/mol. The standard InChI is InChI=1S/C18H17BrN2O2S/c1-12-3-8-15-16(11-12)24-18(21(15)9-10-23-2)20-17(22)13-4-6-14(19)7-5-13/h3-8,11H,9-10H2,1-2H3. The molecule has 0 saturated carbocycles. The predicted octanol–water partition coefficient (Wildman–Crippen LogP) is 4.16. The van der Waals surface area contributed by atoms with Crippen LogP contribution in [0.15, 0.2) is 51.9 Å². The Bertz CT molecular complexity index is 942. The van der Waals surface area contributed by atoms with Crippen molar-refractivity contribution in [1.29, 1.82) is 0 Å². The van der Waals surface area contributed by atoms with E-state index in [0.29, 0.717) is 23.5 Å². The molecule has 0 N–H and O–H groups in total. The lowest BCUT2D eigenvalue weighted by Crippen LogP contribution is -2.19. The summed E-state index contributed by atoms with van der Waals surface area (Å²) < 4.78 is 9.29. The summed E-state index contributed by atoms with van der Waals surface area (Å²) in [5.41, 5.74) is 2.84. The number of carbonyl (C=O) groups excluding carboxylic acids is 1. The third-order valence-corrected chi connectivity index (χ3v) is 5.22. The van der Waals surface area contributed by atoms with Crippen molar-refractivity contribution in [3.8, 4) is 0 Å². The molecule has 0 spiro atoms. The van der Waals surface area contributed by atoms with E-state index < -0.39 is 0 Å². The number of rotatable bonds is 4. The molecule has 0 aliphatic rings. The first kappa shape index (κ1) is 17.1. The van der Waals surface area contributed by atoms with E-state index in [-0.39, 0.29) is 5.91 Å². The Morgan fingerprint density at radius 2 is 2.00 bits per heavy atom. The Balaban J connectivity index is 2.09. The fourth-order valence-electron chi connectivity index (χ4n) is 2.41. The fraction of sp³-hybridized carbons (Fsp3) is 0.222. The predicted molar refractivity (Wildman–Crippen MR) is 100 cm³/mol. The lowest BCUT2D eigenvalue weighted by molar-refractivity contribution is 0.0997. The number of hydrogen-bond acceptors (Lipinski definition) is 3. The number of fused-ring (bicyclic) bond motifs is 1. The van der Waals surface area contributed by atoms with Crippen LogP contribution in [0.4, 0.5) is 0 Å². The minimum atomic E-state index is -0.239. The second kappa shape index (κ2) is 7.42. The van der Waals surface area contributed by atoms with Gasteiger partial charge in [-0.1, -0.05) is 33.3 Å². The number of thiazole rings is 1. The van der Waals surface area contributed by atoms with E-state index in [1.807, 2.05) is 16.7 Å². The Kier molecular flexibility index (Phi) is 5.28. The van der Waals surface area contributed by atoms with E-state index in [4.69, 9.17) is 4.74 Å². The molecule has 4 nitrogen and oxygen atoms in total. The van der Waals surface area contributed by atoms with Gasteiger partial charge in [-0.3, -0.25) is 4.79 Å². The maximum absolute atomic E-state index is 12.5. The highest BCUT2D eigenvalue weighted by molar-refractivity contribution is 9.10. The molecule has 0 unspecified atom stereocenters. The van der Waals surface area contributed by atoms with Crippen LogP contribution in [0.5, 0.6) is 0 Å². The van der Waals surface area contributed by atoms with Gasteiger partial charge in [0, 0.05) is 23.7 Å². The van der Waals surface area contributed by atoms with Crippen LogP contribution < -0.4 is 4.80 Å². The molecule has 1 aromatic heterocycles. The van der Waals surface area contributed by atoms with Gasteiger partial charge in [0.15, 0.2) is 4.80 Å². The van der Waals surface area contributed by atoms with Gasteiger partial charge in [0.25, 0.3) is 5.91 Å². The molecule has 0 aliphatic heterocycles. The van der Waals surface area contributed by atoms with Crippen molar-refractivity contribution in [1.82, 2.24) is 4.57 Å². The van der Waals surface area contributed by atoms with Crippen LogP contribution in [0, 0.1) is 6.92 Å². The number of amides is 1. The summed E-state index contributed by atoms with van der Waals surface area (Å²) in [6.45, 7) is 3.29. The number of methoxy groups -OCH3 is 1. The van der Waals surface area contributed by atoms with Crippen LogP contribution in [0.25, 0.3) is 10.2 Å². The fourth-order valence-corrected chi connectivity index (χ4v) is 3.83. The van der Waals surface area contributed by atoms with Crippen LogP contribution >= 0.6 is 27.3 Å². The summed E-state index contributed by atoms with van der Waals surface area (Å²) in [4.78, 5) is 17.5. The normalized spacial score (nSPS) is 12.0. The van der Waals surface area contributed by atoms with Crippen molar-refractivity contribution < 1.29 is 9.53 Å². The molecule has 3 rings (SSSR count). The van der Waals surface area contributed by atoms with Gasteiger partial charge in [-0.15, -0.1) is 0 Å². The van der Waals surface area contributed by atoms with Gasteiger partial charge >= 0.3 is 0 Å². The molecule has 0 saturated heterocycles. The molecule has 0 aliphatic carbocycles. The van der Waals surface area contributed by atoms with Gasteiger partial charge in [-0.25, -0.2) is 0 Å². The summed E-state index contributed by atoms with van der Waals surface area (Å²) >= 11 is 4.90. The smallest absolute Gasteiger partial charge is 0.279 e. The highest BCUT2D eigenvalue weighted by atomic mass is 79.9. The molecule has 124 valence electrons. The van der Waals surface area contributed by atoms with Crippen LogP contribution in [-0.2, 0) is 11.3 Å². The molecule has 0 radical (unpaired) electrons. The number of benzene rings is 2. The number of hydrogen-bond donors (Lipinski definition) is 0. The monoisotopic (exact) mass is 404 g/mol. The first-order valence-electron chi connectivity index (χ1n) is 7.52. The van der Waals surface area contributed by atoms with E-state index in [2.05, 4.69) is 46.0 Å². The zero-order valence-corrected chi connectivity index (χ0v) is 15.9. The zero-order chi connectivity index (χ0) is 17.1. The van der Waals surface area contributed by atoms with Crippen molar-refractivity contribution in [3.05, 3.63) is 62.9 Å². The lowest BCUT2D eigenvalue weighted by Gasteiger charge is -2.04. The van der Waals surface area contributed by atoms with Crippen molar-refractivity contribution in [2.75, 3.05) is 13.7 Å². The third-order valence-electron chi connectivity index (χ3n) is 3.65. The van der Waals surface area contributed by atoms with E-state index in [0.717, 1.165) is 14.7 Å². The summed E-state index contributed by atoms with van der Waals surface area (Å²) in [6.07, 6.45) is 0. The first-order valence-corrected chi connectivity index (χ1v) is 9.13. The summed E-state index contributed by atoms with van der Waals surface area (Å²) in [7, 11) is 1.67. The molecule has 0 fully saturated rings. The maximum Gasteiger partial charge on any atom is 0.279 e. The molecule has 1 amide bonds. The van der Waals surface area contributed by atoms with Crippen molar-refractivity contribution in [3.63, 3.8) is 0 Å².